The molecule has 3 atom stereocenters. The topological polar surface area (TPSA) is 59.0 Å². The molecule has 126 valence electrons. The van der Waals surface area contributed by atoms with Crippen LogP contribution in [-0.4, -0.2) is 54.4 Å². The first kappa shape index (κ1) is 16.2. The van der Waals surface area contributed by atoms with Gasteiger partial charge in [-0.05, 0) is 31.4 Å². The number of likely N-dealkylation sites (tertiary alicyclic amines) is 1. The molecular formula is C17H22FNO4. The number of carbonyl (C=O) groups is 1. The molecule has 3 rings (SSSR count). The molecule has 0 bridgehead atoms. The molecule has 0 radical (unpaired) electrons. The van der Waals surface area contributed by atoms with Crippen molar-refractivity contribution in [3.8, 4) is 5.75 Å². The molecule has 0 spiro atoms. The Bertz CT molecular complexity index is 553. The third-order valence-corrected chi connectivity index (χ3v) is 4.63. The van der Waals surface area contributed by atoms with Crippen molar-refractivity contribution in [2.45, 2.75) is 31.4 Å². The van der Waals surface area contributed by atoms with Gasteiger partial charge in [-0.1, -0.05) is 6.07 Å². The van der Waals surface area contributed by atoms with Crippen LogP contribution in [0.25, 0.3) is 0 Å². The first-order valence-corrected chi connectivity index (χ1v) is 8.09. The zero-order chi connectivity index (χ0) is 16.2. The summed E-state index contributed by atoms with van der Waals surface area (Å²) in [6, 6.07) is 5.75. The van der Waals surface area contributed by atoms with Crippen molar-refractivity contribution in [1.29, 1.82) is 0 Å². The Kier molecular flexibility index (Phi) is 5.13. The Hall–Kier alpha value is -1.66. The second-order valence-corrected chi connectivity index (χ2v) is 6.14. The summed E-state index contributed by atoms with van der Waals surface area (Å²) < 4.78 is 24.0. The van der Waals surface area contributed by atoms with Crippen LogP contribution in [0, 0.1) is 11.7 Å². The van der Waals surface area contributed by atoms with Gasteiger partial charge in [-0.3, -0.25) is 4.79 Å². The van der Waals surface area contributed by atoms with Crippen molar-refractivity contribution in [3.63, 3.8) is 0 Å². The molecule has 2 heterocycles. The van der Waals surface area contributed by atoms with Crippen LogP contribution in [-0.2, 0) is 9.53 Å². The maximum absolute atomic E-state index is 13.1. The van der Waals surface area contributed by atoms with Gasteiger partial charge in [-0.2, -0.15) is 0 Å². The van der Waals surface area contributed by atoms with Gasteiger partial charge in [0, 0.05) is 31.2 Å². The first-order valence-electron chi connectivity index (χ1n) is 8.09. The number of nitrogens with zero attached hydrogens (tertiary/aromatic N) is 1. The predicted molar refractivity (Wildman–Crippen MR) is 81.6 cm³/mol. The van der Waals surface area contributed by atoms with Gasteiger partial charge in [0.2, 0.25) is 0 Å². The van der Waals surface area contributed by atoms with Crippen molar-refractivity contribution < 1.29 is 23.8 Å². The lowest BCUT2D eigenvalue weighted by atomic mass is 9.89. The minimum Gasteiger partial charge on any atom is -0.484 e. The lowest BCUT2D eigenvalue weighted by Crippen LogP contribution is -2.49. The van der Waals surface area contributed by atoms with Crippen LogP contribution in [0.1, 0.15) is 19.3 Å². The average molecular weight is 323 g/mol. The van der Waals surface area contributed by atoms with Crippen molar-refractivity contribution in [1.82, 2.24) is 4.90 Å². The van der Waals surface area contributed by atoms with E-state index in [1.165, 1.54) is 12.1 Å². The van der Waals surface area contributed by atoms with E-state index in [-0.39, 0.29) is 24.5 Å². The zero-order valence-electron chi connectivity index (χ0n) is 13.0. The molecule has 0 saturated carbocycles. The fourth-order valence-corrected chi connectivity index (χ4v) is 3.45. The minimum atomic E-state index is -0.425. The highest BCUT2D eigenvalue weighted by Gasteiger charge is 2.39. The maximum Gasteiger partial charge on any atom is 0.260 e. The third-order valence-electron chi connectivity index (χ3n) is 4.63. The van der Waals surface area contributed by atoms with E-state index in [1.54, 1.807) is 17.0 Å². The number of amides is 1. The normalized spacial score (nSPS) is 27.9. The summed E-state index contributed by atoms with van der Waals surface area (Å²) in [5.41, 5.74) is 0. The number of ether oxygens (including phenoxy) is 2. The number of rotatable bonds is 4. The molecule has 2 saturated heterocycles. The second kappa shape index (κ2) is 7.27. The average Bonchev–Trinajstić information content (AvgIpc) is 3.02. The maximum atomic E-state index is 13.1. The van der Waals surface area contributed by atoms with Gasteiger partial charge in [0.05, 0.1) is 12.7 Å². The van der Waals surface area contributed by atoms with Crippen LogP contribution in [0.5, 0.6) is 5.75 Å². The SMILES string of the molecule is O=C(COc1cccc(F)c1)N1CCCC1C1COCCC1O. The molecule has 1 aromatic rings. The zero-order valence-corrected chi connectivity index (χ0v) is 13.0. The summed E-state index contributed by atoms with van der Waals surface area (Å²) in [7, 11) is 0. The van der Waals surface area contributed by atoms with Gasteiger partial charge in [0.25, 0.3) is 5.91 Å². The molecule has 2 aliphatic rings. The summed E-state index contributed by atoms with van der Waals surface area (Å²) in [4.78, 5) is 14.2. The molecule has 1 aromatic carbocycles. The number of benzene rings is 1. The predicted octanol–water partition coefficient (Wildman–Crippen LogP) is 1.59. The lowest BCUT2D eigenvalue weighted by Gasteiger charge is -2.36. The number of hydrogen-bond donors (Lipinski definition) is 1. The Morgan fingerprint density at radius 2 is 2.30 bits per heavy atom. The van der Waals surface area contributed by atoms with Gasteiger partial charge < -0.3 is 19.5 Å². The molecule has 5 nitrogen and oxygen atoms in total. The molecular weight excluding hydrogens is 301 g/mol. The molecule has 1 N–H and O–H groups in total. The van der Waals surface area contributed by atoms with Crippen molar-refractivity contribution in [2.24, 2.45) is 5.92 Å². The highest BCUT2D eigenvalue weighted by molar-refractivity contribution is 5.78. The standard InChI is InChI=1S/C17H22FNO4/c18-12-3-1-4-13(9-12)23-11-17(21)19-7-2-5-15(19)14-10-22-8-6-16(14)20/h1,3-4,9,14-16,20H,2,5-8,10-11H2. The Balaban J connectivity index is 1.59. The number of hydrogen-bond acceptors (Lipinski definition) is 4. The van der Waals surface area contributed by atoms with Crippen LogP contribution in [0.4, 0.5) is 4.39 Å². The first-order chi connectivity index (χ1) is 11.1. The quantitative estimate of drug-likeness (QED) is 0.914. The van der Waals surface area contributed by atoms with Crippen LogP contribution in [0.3, 0.4) is 0 Å². The van der Waals surface area contributed by atoms with E-state index in [1.807, 2.05) is 0 Å². The molecule has 23 heavy (non-hydrogen) atoms. The van der Waals surface area contributed by atoms with E-state index in [2.05, 4.69) is 0 Å². The summed E-state index contributed by atoms with van der Waals surface area (Å²) >= 11 is 0. The number of aliphatic hydroxyl groups excluding tert-OH is 1. The number of halogens is 1. The summed E-state index contributed by atoms with van der Waals surface area (Å²) in [5.74, 6) is -0.217. The molecule has 6 heteroatoms. The lowest BCUT2D eigenvalue weighted by molar-refractivity contribution is -0.138. The molecule has 2 fully saturated rings. The minimum absolute atomic E-state index is 0.00564. The largest absolute Gasteiger partial charge is 0.484 e. The summed E-state index contributed by atoms with van der Waals surface area (Å²) in [5, 5.41) is 10.2. The highest BCUT2D eigenvalue weighted by Crippen LogP contribution is 2.30. The van der Waals surface area contributed by atoms with Crippen molar-refractivity contribution in [2.75, 3.05) is 26.4 Å². The van der Waals surface area contributed by atoms with Gasteiger partial charge in [0.15, 0.2) is 6.61 Å². The molecule has 0 aliphatic carbocycles. The van der Waals surface area contributed by atoms with Crippen molar-refractivity contribution >= 4 is 5.91 Å². The van der Waals surface area contributed by atoms with E-state index < -0.39 is 11.9 Å². The third kappa shape index (κ3) is 3.82. The van der Waals surface area contributed by atoms with Crippen LogP contribution < -0.4 is 4.74 Å². The van der Waals surface area contributed by atoms with Crippen molar-refractivity contribution in [3.05, 3.63) is 30.1 Å². The second-order valence-electron chi connectivity index (χ2n) is 6.14. The number of carbonyl (C=O) groups excluding carboxylic acids is 1. The fraction of sp³-hybridized carbons (Fsp3) is 0.588. The Labute approximate surface area is 135 Å². The highest BCUT2D eigenvalue weighted by atomic mass is 19.1. The van der Waals surface area contributed by atoms with Gasteiger partial charge in [-0.15, -0.1) is 0 Å². The number of aliphatic hydroxyl groups is 1. The van der Waals surface area contributed by atoms with E-state index >= 15 is 0 Å². The van der Waals surface area contributed by atoms with Crippen LogP contribution >= 0.6 is 0 Å². The molecule has 0 aromatic heterocycles. The van der Waals surface area contributed by atoms with Gasteiger partial charge in [0.1, 0.15) is 11.6 Å². The summed E-state index contributed by atoms with van der Waals surface area (Å²) in [6.07, 6.45) is 1.98. The summed E-state index contributed by atoms with van der Waals surface area (Å²) in [6.45, 7) is 1.60. The van der Waals surface area contributed by atoms with Crippen LogP contribution in [0.15, 0.2) is 24.3 Å². The van der Waals surface area contributed by atoms with E-state index in [0.29, 0.717) is 31.9 Å². The van der Waals surface area contributed by atoms with Crippen LogP contribution in [0.2, 0.25) is 0 Å². The smallest absolute Gasteiger partial charge is 0.260 e. The van der Waals surface area contributed by atoms with Gasteiger partial charge >= 0.3 is 0 Å². The monoisotopic (exact) mass is 323 g/mol. The Morgan fingerprint density at radius 1 is 1.43 bits per heavy atom. The molecule has 3 unspecified atom stereocenters. The van der Waals surface area contributed by atoms with E-state index in [9.17, 15) is 14.3 Å². The Morgan fingerprint density at radius 3 is 3.09 bits per heavy atom. The van der Waals surface area contributed by atoms with Gasteiger partial charge in [-0.25, -0.2) is 4.39 Å². The molecule has 1 amide bonds. The fourth-order valence-electron chi connectivity index (χ4n) is 3.45. The van der Waals surface area contributed by atoms with E-state index in [0.717, 1.165) is 12.8 Å². The molecule has 2 aliphatic heterocycles. The van der Waals surface area contributed by atoms with E-state index in [4.69, 9.17) is 9.47 Å².